The van der Waals surface area contributed by atoms with E-state index in [2.05, 4.69) is 15.1 Å². The van der Waals surface area contributed by atoms with E-state index in [9.17, 15) is 0 Å². The van der Waals surface area contributed by atoms with Gasteiger partial charge in [0.25, 0.3) is 0 Å². The largest absolute Gasteiger partial charge is 0.379 e. The van der Waals surface area contributed by atoms with Crippen molar-refractivity contribution in [2.75, 3.05) is 52.5 Å². The topological polar surface area (TPSA) is 27.7 Å². The highest BCUT2D eigenvalue weighted by Crippen LogP contribution is 2.20. The number of nitrogens with zero attached hydrogens (tertiary/aromatic N) is 2. The van der Waals surface area contributed by atoms with Crippen LogP contribution in [-0.4, -0.2) is 74.4 Å². The molecule has 0 saturated carbocycles. The van der Waals surface area contributed by atoms with Gasteiger partial charge in [0.05, 0.1) is 13.2 Å². The van der Waals surface area contributed by atoms with Crippen LogP contribution in [0.15, 0.2) is 0 Å². The lowest BCUT2D eigenvalue weighted by Crippen LogP contribution is -2.43. The minimum atomic E-state index is 0.588. The molecule has 3 aliphatic heterocycles. The Balaban J connectivity index is 1.36. The third kappa shape index (κ3) is 3.23. The van der Waals surface area contributed by atoms with E-state index in [4.69, 9.17) is 4.74 Å². The molecule has 0 aliphatic carbocycles. The zero-order chi connectivity index (χ0) is 12.2. The van der Waals surface area contributed by atoms with Crippen LogP contribution in [0.25, 0.3) is 0 Å². The number of rotatable bonds is 4. The van der Waals surface area contributed by atoms with Crippen LogP contribution >= 0.6 is 0 Å². The van der Waals surface area contributed by atoms with Gasteiger partial charge in [-0.2, -0.15) is 0 Å². The van der Waals surface area contributed by atoms with Crippen molar-refractivity contribution in [3.8, 4) is 0 Å². The maximum Gasteiger partial charge on any atom is 0.0620 e. The zero-order valence-corrected chi connectivity index (χ0v) is 11.4. The minimum Gasteiger partial charge on any atom is -0.379 e. The van der Waals surface area contributed by atoms with Crippen molar-refractivity contribution in [1.82, 2.24) is 15.1 Å². The van der Waals surface area contributed by atoms with Crippen LogP contribution in [0.4, 0.5) is 0 Å². The average Bonchev–Trinajstić information content (AvgIpc) is 3.08. The molecule has 0 radical (unpaired) electrons. The van der Waals surface area contributed by atoms with E-state index in [0.29, 0.717) is 6.04 Å². The smallest absolute Gasteiger partial charge is 0.0620 e. The predicted octanol–water partition coefficient (Wildman–Crippen LogP) is 0.535. The summed E-state index contributed by atoms with van der Waals surface area (Å²) >= 11 is 0. The van der Waals surface area contributed by atoms with Crippen molar-refractivity contribution in [2.24, 2.45) is 0 Å². The summed E-state index contributed by atoms with van der Waals surface area (Å²) in [6.45, 7) is 9.35. The van der Waals surface area contributed by atoms with Gasteiger partial charge in [0.2, 0.25) is 0 Å². The van der Waals surface area contributed by atoms with E-state index >= 15 is 0 Å². The molecule has 0 aromatic carbocycles. The van der Waals surface area contributed by atoms with Crippen LogP contribution in [-0.2, 0) is 4.74 Å². The number of hydrogen-bond donors (Lipinski definition) is 1. The number of ether oxygens (including phenoxy) is 1. The molecule has 0 aromatic heterocycles. The number of likely N-dealkylation sites (tertiary alicyclic amines) is 2. The maximum atomic E-state index is 5.51. The van der Waals surface area contributed by atoms with Crippen LogP contribution in [0.2, 0.25) is 0 Å². The third-order valence-corrected chi connectivity index (χ3v) is 4.70. The zero-order valence-electron chi connectivity index (χ0n) is 11.4. The second-order valence-corrected chi connectivity index (χ2v) is 6.00. The molecule has 1 N–H and O–H groups in total. The fourth-order valence-corrected chi connectivity index (χ4v) is 3.56. The molecule has 0 spiro atoms. The van der Waals surface area contributed by atoms with Crippen LogP contribution in [0.3, 0.4) is 0 Å². The normalized spacial score (nSPS) is 35.3. The summed E-state index contributed by atoms with van der Waals surface area (Å²) in [6.07, 6.45) is 5.46. The average molecular weight is 253 g/mol. The van der Waals surface area contributed by atoms with E-state index in [0.717, 1.165) is 25.8 Å². The van der Waals surface area contributed by atoms with Gasteiger partial charge in [0.1, 0.15) is 0 Å². The van der Waals surface area contributed by atoms with Gasteiger partial charge in [-0.25, -0.2) is 0 Å². The highest BCUT2D eigenvalue weighted by Gasteiger charge is 2.29. The predicted molar refractivity (Wildman–Crippen MR) is 72.9 cm³/mol. The summed E-state index contributed by atoms with van der Waals surface area (Å²) in [5.74, 6) is 0. The molecule has 104 valence electrons. The maximum absolute atomic E-state index is 5.51. The Hall–Kier alpha value is -0.160. The molecule has 3 fully saturated rings. The Morgan fingerprint density at radius 1 is 1.17 bits per heavy atom. The van der Waals surface area contributed by atoms with Gasteiger partial charge in [0.15, 0.2) is 0 Å². The highest BCUT2D eigenvalue weighted by molar-refractivity contribution is 4.86. The van der Waals surface area contributed by atoms with Crippen molar-refractivity contribution < 1.29 is 4.74 Å². The highest BCUT2D eigenvalue weighted by atomic mass is 16.5. The van der Waals surface area contributed by atoms with Crippen molar-refractivity contribution >= 4 is 0 Å². The summed E-state index contributed by atoms with van der Waals surface area (Å²) in [6, 6.07) is 1.44. The fourth-order valence-electron chi connectivity index (χ4n) is 3.56. The van der Waals surface area contributed by atoms with E-state index in [1.165, 1.54) is 58.4 Å². The molecule has 3 saturated heterocycles. The number of morpholine rings is 1. The Bertz CT molecular complexity index is 249. The SMILES string of the molecule is C1CCN(C2CCN(CCC3COCCN3)C2)C1. The lowest BCUT2D eigenvalue weighted by atomic mass is 10.2. The van der Waals surface area contributed by atoms with Gasteiger partial charge in [0, 0.05) is 25.2 Å². The summed E-state index contributed by atoms with van der Waals surface area (Å²) in [7, 11) is 0. The second kappa shape index (κ2) is 6.33. The molecule has 2 unspecified atom stereocenters. The third-order valence-electron chi connectivity index (χ3n) is 4.70. The first-order valence-electron chi connectivity index (χ1n) is 7.69. The van der Waals surface area contributed by atoms with Crippen LogP contribution in [0, 0.1) is 0 Å². The van der Waals surface area contributed by atoms with Gasteiger partial charge < -0.3 is 15.0 Å². The summed E-state index contributed by atoms with van der Waals surface area (Å²) < 4.78 is 5.51. The Morgan fingerprint density at radius 2 is 2.06 bits per heavy atom. The molecule has 3 rings (SSSR count). The minimum absolute atomic E-state index is 0.588. The molecular weight excluding hydrogens is 226 g/mol. The quantitative estimate of drug-likeness (QED) is 0.791. The Morgan fingerprint density at radius 3 is 2.83 bits per heavy atom. The van der Waals surface area contributed by atoms with Crippen molar-refractivity contribution in [1.29, 1.82) is 0 Å². The fraction of sp³-hybridized carbons (Fsp3) is 1.00. The van der Waals surface area contributed by atoms with Crippen LogP contribution in [0.5, 0.6) is 0 Å². The van der Waals surface area contributed by atoms with Gasteiger partial charge >= 0.3 is 0 Å². The standard InChI is InChI=1S/C14H27N3O/c1-2-7-17(6-1)14-4-9-16(11-14)8-3-13-12-18-10-5-15-13/h13-15H,1-12H2. The first-order chi connectivity index (χ1) is 8.92. The van der Waals surface area contributed by atoms with Crippen LogP contribution < -0.4 is 5.32 Å². The molecule has 0 bridgehead atoms. The van der Waals surface area contributed by atoms with Gasteiger partial charge in [-0.3, -0.25) is 4.90 Å². The molecule has 4 heteroatoms. The molecule has 4 nitrogen and oxygen atoms in total. The van der Waals surface area contributed by atoms with E-state index in [1.807, 2.05) is 0 Å². The van der Waals surface area contributed by atoms with Crippen LogP contribution in [0.1, 0.15) is 25.7 Å². The van der Waals surface area contributed by atoms with Crippen molar-refractivity contribution in [3.05, 3.63) is 0 Å². The molecule has 2 atom stereocenters. The van der Waals surface area contributed by atoms with Crippen molar-refractivity contribution in [2.45, 2.75) is 37.8 Å². The lowest BCUT2D eigenvalue weighted by molar-refractivity contribution is 0.0706. The van der Waals surface area contributed by atoms with Gasteiger partial charge in [-0.1, -0.05) is 0 Å². The molecule has 0 amide bonds. The monoisotopic (exact) mass is 253 g/mol. The number of nitrogens with one attached hydrogen (secondary N) is 1. The van der Waals surface area contributed by atoms with E-state index in [-0.39, 0.29) is 0 Å². The molecule has 0 aromatic rings. The first-order valence-corrected chi connectivity index (χ1v) is 7.69. The van der Waals surface area contributed by atoms with Crippen molar-refractivity contribution in [3.63, 3.8) is 0 Å². The summed E-state index contributed by atoms with van der Waals surface area (Å²) in [5.41, 5.74) is 0. The summed E-state index contributed by atoms with van der Waals surface area (Å²) in [4.78, 5) is 5.36. The van der Waals surface area contributed by atoms with Gasteiger partial charge in [-0.05, 0) is 51.9 Å². The van der Waals surface area contributed by atoms with E-state index < -0.39 is 0 Å². The lowest BCUT2D eigenvalue weighted by Gasteiger charge is -2.27. The Labute approximate surface area is 111 Å². The Kier molecular flexibility index (Phi) is 4.52. The molecule has 3 aliphatic rings. The van der Waals surface area contributed by atoms with Gasteiger partial charge in [-0.15, -0.1) is 0 Å². The first kappa shape index (κ1) is 12.9. The molecule has 3 heterocycles. The van der Waals surface area contributed by atoms with E-state index in [1.54, 1.807) is 0 Å². The molecular formula is C14H27N3O. The second-order valence-electron chi connectivity index (χ2n) is 6.00. The molecule has 18 heavy (non-hydrogen) atoms. The number of hydrogen-bond acceptors (Lipinski definition) is 4. The summed E-state index contributed by atoms with van der Waals surface area (Å²) in [5, 5.41) is 3.55.